The van der Waals surface area contributed by atoms with Crippen molar-refractivity contribution in [1.29, 1.82) is 0 Å². The van der Waals surface area contributed by atoms with Crippen LogP contribution in [0.2, 0.25) is 0 Å². The average Bonchev–Trinajstić information content (AvgIpc) is 1.64. The summed E-state index contributed by atoms with van der Waals surface area (Å²) in [6, 6.07) is 0. The van der Waals surface area contributed by atoms with E-state index in [9.17, 15) is 17.6 Å². The number of halogens is 4. The molecule has 0 saturated carbocycles. The van der Waals surface area contributed by atoms with Gasteiger partial charge in [0.05, 0.1) is 0 Å². The summed E-state index contributed by atoms with van der Waals surface area (Å²) in [5.41, 5.74) is -3.02. The highest BCUT2D eigenvalue weighted by Crippen LogP contribution is 2.35. The Kier molecular flexibility index (Phi) is 7.06. The fourth-order valence-electron chi connectivity index (χ4n) is 0.200. The van der Waals surface area contributed by atoms with E-state index in [1.165, 1.54) is 0 Å². The fraction of sp³-hybridized carbons (Fsp3) is 1.00. The van der Waals surface area contributed by atoms with E-state index in [2.05, 4.69) is 0 Å². The Morgan fingerprint density at radius 2 is 1.27 bits per heavy atom. The summed E-state index contributed by atoms with van der Waals surface area (Å²) in [5, 5.41) is 0. The maximum Gasteiger partial charge on any atom is 0.422 e. The van der Waals surface area contributed by atoms with Crippen LogP contribution in [0.15, 0.2) is 0 Å². The molecule has 0 N–H and O–H groups in total. The highest BCUT2D eigenvalue weighted by molar-refractivity contribution is 4.79. The maximum atomic E-state index is 12.2. The molecule has 0 aliphatic carbocycles. The first kappa shape index (κ1) is 17.0. The molecule has 0 rings (SSSR count). The summed E-state index contributed by atoms with van der Waals surface area (Å²) >= 11 is 0. The minimum Gasteiger partial charge on any atom is -0.234 e. The van der Waals surface area contributed by atoms with Crippen LogP contribution in [-0.2, 0) is 0 Å². The topological polar surface area (TPSA) is 0 Å². The van der Waals surface area contributed by atoms with Crippen LogP contribution in [0.25, 0.3) is 0 Å². The molecular formula is C7H16F4. The average molecular weight is 176 g/mol. The first-order chi connectivity index (χ1) is 3.81. The Morgan fingerprint density at radius 3 is 1.27 bits per heavy atom. The molecular weight excluding hydrogens is 160 g/mol. The fourth-order valence-corrected chi connectivity index (χ4v) is 0.200. The standard InChI is InChI=1S/C5H8F4.2CH4/c1-3-4(2,6)5(7,8)9;;/h3H2,1-2H3;2*1H4. The van der Waals surface area contributed by atoms with Crippen LogP contribution in [0.3, 0.4) is 0 Å². The van der Waals surface area contributed by atoms with Crippen molar-refractivity contribution in [3.8, 4) is 0 Å². The van der Waals surface area contributed by atoms with Crippen LogP contribution < -0.4 is 0 Å². The molecule has 0 bridgehead atoms. The SMILES string of the molecule is C.C.CCC(C)(F)C(F)(F)F. The molecule has 1 unspecified atom stereocenters. The van der Waals surface area contributed by atoms with Crippen LogP contribution in [0.4, 0.5) is 17.6 Å². The predicted molar refractivity (Wildman–Crippen MR) is 39.3 cm³/mol. The van der Waals surface area contributed by atoms with Crippen molar-refractivity contribution in [3.63, 3.8) is 0 Å². The van der Waals surface area contributed by atoms with Crippen molar-refractivity contribution in [1.82, 2.24) is 0 Å². The first-order valence-corrected chi connectivity index (χ1v) is 2.57. The van der Waals surface area contributed by atoms with E-state index in [4.69, 9.17) is 0 Å². The molecule has 0 spiro atoms. The number of rotatable bonds is 1. The van der Waals surface area contributed by atoms with Crippen LogP contribution in [0, 0.1) is 0 Å². The van der Waals surface area contributed by atoms with E-state index in [0.717, 1.165) is 6.92 Å². The van der Waals surface area contributed by atoms with Crippen LogP contribution in [0.1, 0.15) is 35.1 Å². The van der Waals surface area contributed by atoms with Gasteiger partial charge in [-0.15, -0.1) is 0 Å². The summed E-state index contributed by atoms with van der Waals surface area (Å²) in [6.07, 6.45) is -5.25. The van der Waals surface area contributed by atoms with Gasteiger partial charge in [-0.2, -0.15) is 13.2 Å². The molecule has 0 aromatic heterocycles. The van der Waals surface area contributed by atoms with Gasteiger partial charge in [0.1, 0.15) is 0 Å². The second-order valence-corrected chi connectivity index (χ2v) is 2.05. The van der Waals surface area contributed by atoms with Crippen molar-refractivity contribution in [2.45, 2.75) is 47.0 Å². The number of hydrogen-bond donors (Lipinski definition) is 0. The second kappa shape index (κ2) is 4.57. The van der Waals surface area contributed by atoms with Gasteiger partial charge in [0.15, 0.2) is 0 Å². The van der Waals surface area contributed by atoms with E-state index >= 15 is 0 Å². The molecule has 4 heteroatoms. The molecule has 72 valence electrons. The van der Waals surface area contributed by atoms with Crippen LogP contribution in [-0.4, -0.2) is 11.8 Å². The molecule has 0 heterocycles. The van der Waals surface area contributed by atoms with Gasteiger partial charge in [0.2, 0.25) is 5.67 Å². The molecule has 0 aliphatic rings. The van der Waals surface area contributed by atoms with E-state index in [-0.39, 0.29) is 14.9 Å². The summed E-state index contributed by atoms with van der Waals surface area (Å²) in [5.74, 6) is 0. The van der Waals surface area contributed by atoms with E-state index < -0.39 is 18.3 Å². The zero-order valence-electron chi connectivity index (χ0n) is 5.22. The molecule has 0 aliphatic heterocycles. The van der Waals surface area contributed by atoms with Gasteiger partial charge in [0.25, 0.3) is 0 Å². The third-order valence-electron chi connectivity index (χ3n) is 1.26. The zero-order valence-corrected chi connectivity index (χ0v) is 5.22. The van der Waals surface area contributed by atoms with Gasteiger partial charge in [-0.25, -0.2) is 4.39 Å². The van der Waals surface area contributed by atoms with Gasteiger partial charge >= 0.3 is 6.18 Å². The summed E-state index contributed by atoms with van der Waals surface area (Å²) in [6.45, 7) is 1.69. The quantitative estimate of drug-likeness (QED) is 0.530. The largest absolute Gasteiger partial charge is 0.422 e. The number of alkyl halides is 4. The third-order valence-corrected chi connectivity index (χ3v) is 1.26. The Labute approximate surface area is 65.6 Å². The lowest BCUT2D eigenvalue weighted by Crippen LogP contribution is -2.36. The smallest absolute Gasteiger partial charge is 0.234 e. The Balaban J connectivity index is -0.000000320. The Bertz CT molecular complexity index is 93.1. The summed E-state index contributed by atoms with van der Waals surface area (Å²) in [7, 11) is 0. The summed E-state index contributed by atoms with van der Waals surface area (Å²) in [4.78, 5) is 0. The Hall–Kier alpha value is -0.280. The Morgan fingerprint density at radius 1 is 1.00 bits per heavy atom. The van der Waals surface area contributed by atoms with Crippen molar-refractivity contribution >= 4 is 0 Å². The maximum absolute atomic E-state index is 12.2. The van der Waals surface area contributed by atoms with Gasteiger partial charge in [-0.1, -0.05) is 21.8 Å². The van der Waals surface area contributed by atoms with Crippen molar-refractivity contribution in [2.75, 3.05) is 0 Å². The van der Waals surface area contributed by atoms with Crippen LogP contribution >= 0.6 is 0 Å². The molecule has 0 saturated heterocycles. The van der Waals surface area contributed by atoms with Crippen LogP contribution in [0.5, 0.6) is 0 Å². The molecule has 0 radical (unpaired) electrons. The highest BCUT2D eigenvalue weighted by Gasteiger charge is 2.50. The molecule has 1 atom stereocenters. The first-order valence-electron chi connectivity index (χ1n) is 2.57. The lowest BCUT2D eigenvalue weighted by Gasteiger charge is -2.20. The lowest BCUT2D eigenvalue weighted by atomic mass is 10.1. The van der Waals surface area contributed by atoms with E-state index in [1.54, 1.807) is 0 Å². The van der Waals surface area contributed by atoms with Gasteiger partial charge in [-0.3, -0.25) is 0 Å². The lowest BCUT2D eigenvalue weighted by molar-refractivity contribution is -0.224. The normalized spacial score (nSPS) is 15.8. The van der Waals surface area contributed by atoms with Gasteiger partial charge in [0, 0.05) is 0 Å². The van der Waals surface area contributed by atoms with E-state index in [0.29, 0.717) is 6.92 Å². The van der Waals surface area contributed by atoms with Crippen molar-refractivity contribution < 1.29 is 17.6 Å². The van der Waals surface area contributed by atoms with Crippen molar-refractivity contribution in [2.24, 2.45) is 0 Å². The third kappa shape index (κ3) is 4.22. The predicted octanol–water partition coefficient (Wildman–Crippen LogP) is 3.96. The molecule has 0 nitrogen and oxygen atoms in total. The molecule has 0 aromatic rings. The highest BCUT2D eigenvalue weighted by atomic mass is 19.4. The molecule has 11 heavy (non-hydrogen) atoms. The second-order valence-electron chi connectivity index (χ2n) is 2.05. The zero-order chi connectivity index (χ0) is 7.71. The van der Waals surface area contributed by atoms with Crippen molar-refractivity contribution in [3.05, 3.63) is 0 Å². The minimum atomic E-state index is -4.72. The summed E-state index contributed by atoms with van der Waals surface area (Å²) < 4.78 is 46.6. The van der Waals surface area contributed by atoms with Gasteiger partial charge < -0.3 is 0 Å². The number of hydrogen-bond acceptors (Lipinski definition) is 0. The van der Waals surface area contributed by atoms with E-state index in [1.807, 2.05) is 0 Å². The molecule has 0 amide bonds. The monoisotopic (exact) mass is 176 g/mol. The molecule has 0 aromatic carbocycles. The molecule has 0 fully saturated rings. The minimum absolute atomic E-state index is 0. The van der Waals surface area contributed by atoms with Gasteiger partial charge in [-0.05, 0) is 13.3 Å².